The van der Waals surface area contributed by atoms with E-state index in [0.717, 1.165) is 36.3 Å². The number of imidazole rings is 1. The number of carbonyl (C=O) groups excluding carboxylic acids is 2. The monoisotopic (exact) mass is 523 g/mol. The molecular weight excluding hydrogens is 490 g/mol. The number of rotatable bonds is 7. The number of nitrogen functional groups attached to an aromatic ring is 1. The number of likely N-dealkylation sites (tertiary alicyclic amines) is 1. The normalized spacial score (nSPS) is 15.8. The second-order valence-corrected chi connectivity index (χ2v) is 9.96. The minimum Gasteiger partial charge on any atom is -0.382 e. The highest BCUT2D eigenvalue weighted by molar-refractivity contribution is 6.04. The van der Waals surface area contributed by atoms with Crippen molar-refractivity contribution in [3.8, 4) is 11.3 Å². The van der Waals surface area contributed by atoms with E-state index in [9.17, 15) is 9.59 Å². The highest BCUT2D eigenvalue weighted by atomic mass is 16.2. The van der Waals surface area contributed by atoms with E-state index in [1.54, 1.807) is 24.4 Å². The number of carbonyl (C=O) groups is 2. The fourth-order valence-corrected chi connectivity index (χ4v) is 4.95. The molecule has 0 spiro atoms. The van der Waals surface area contributed by atoms with Gasteiger partial charge in [-0.2, -0.15) is 0 Å². The van der Waals surface area contributed by atoms with Crippen molar-refractivity contribution in [2.75, 3.05) is 38.2 Å². The summed E-state index contributed by atoms with van der Waals surface area (Å²) in [6.45, 7) is 1.37. The molecule has 0 unspecified atom stereocenters. The van der Waals surface area contributed by atoms with Crippen LogP contribution in [0.4, 0.5) is 11.5 Å². The van der Waals surface area contributed by atoms with Crippen molar-refractivity contribution in [2.45, 2.75) is 25.3 Å². The van der Waals surface area contributed by atoms with Gasteiger partial charge in [-0.05, 0) is 57.6 Å². The van der Waals surface area contributed by atoms with Crippen molar-refractivity contribution >= 4 is 28.8 Å². The summed E-state index contributed by atoms with van der Waals surface area (Å²) in [5.74, 6) is 0.907. The van der Waals surface area contributed by atoms with Crippen LogP contribution in [-0.4, -0.2) is 63.2 Å². The van der Waals surface area contributed by atoms with E-state index in [0.29, 0.717) is 35.7 Å². The minimum absolute atomic E-state index is 0.0179. The molecule has 0 aliphatic carbocycles. The average Bonchev–Trinajstić information content (AvgIpc) is 3.34. The number of para-hydroxylation sites is 1. The van der Waals surface area contributed by atoms with Gasteiger partial charge in [-0.1, -0.05) is 36.4 Å². The van der Waals surface area contributed by atoms with Gasteiger partial charge < -0.3 is 20.9 Å². The van der Waals surface area contributed by atoms with Crippen molar-refractivity contribution in [1.29, 1.82) is 0 Å². The molecule has 200 valence electrons. The Morgan fingerprint density at radius 3 is 2.62 bits per heavy atom. The first-order chi connectivity index (χ1) is 18.9. The number of nitrogens with one attached hydrogen (secondary N) is 1. The Morgan fingerprint density at radius 2 is 1.87 bits per heavy atom. The smallest absolute Gasteiger partial charge is 0.255 e. The van der Waals surface area contributed by atoms with Gasteiger partial charge in [0, 0.05) is 48.4 Å². The zero-order valence-electron chi connectivity index (χ0n) is 22.2. The number of nitrogens with two attached hydrogens (primary N) is 1. The number of hydrogen-bond acceptors (Lipinski definition) is 6. The lowest BCUT2D eigenvalue weighted by atomic mass is 10.0. The second kappa shape index (κ2) is 11.5. The van der Waals surface area contributed by atoms with E-state index in [1.165, 1.54) is 0 Å². The van der Waals surface area contributed by atoms with Crippen molar-refractivity contribution in [3.63, 3.8) is 0 Å². The summed E-state index contributed by atoms with van der Waals surface area (Å²) in [6, 6.07) is 16.4. The molecule has 1 fully saturated rings. The van der Waals surface area contributed by atoms with E-state index in [4.69, 9.17) is 10.7 Å². The highest BCUT2D eigenvalue weighted by Crippen LogP contribution is 2.36. The molecule has 39 heavy (non-hydrogen) atoms. The molecule has 0 radical (unpaired) electrons. The molecule has 3 heterocycles. The third-order valence-corrected chi connectivity index (χ3v) is 6.88. The Bertz CT molecular complexity index is 1490. The number of likely N-dealkylation sites (N-methyl/N-ethyl adjacent to an activating group) is 1. The maximum absolute atomic E-state index is 13.2. The molecule has 1 atom stereocenters. The fourth-order valence-electron chi connectivity index (χ4n) is 4.95. The molecule has 9 heteroatoms. The fraction of sp³-hybridized carbons (Fsp3) is 0.267. The van der Waals surface area contributed by atoms with Crippen molar-refractivity contribution in [3.05, 3.63) is 90.5 Å². The SMILES string of the molecule is CN(C)C/C=C/C(=O)N1CCCC[C@H]1c1nc(-c2ccc(C(=O)Nc3ccccc3)cc2)c2c(N)nccn12. The zero-order valence-corrected chi connectivity index (χ0v) is 22.2. The van der Waals surface area contributed by atoms with Gasteiger partial charge in [0.05, 0.1) is 6.04 Å². The minimum atomic E-state index is -0.192. The Labute approximate surface area is 228 Å². The molecule has 2 aromatic heterocycles. The molecule has 5 rings (SSSR count). The molecule has 2 aromatic carbocycles. The van der Waals surface area contributed by atoms with Gasteiger partial charge in [-0.3, -0.25) is 14.0 Å². The zero-order chi connectivity index (χ0) is 27.4. The third-order valence-electron chi connectivity index (χ3n) is 6.88. The quantitative estimate of drug-likeness (QED) is 0.348. The molecule has 0 bridgehead atoms. The third kappa shape index (κ3) is 5.68. The molecule has 4 aromatic rings. The molecule has 1 saturated heterocycles. The summed E-state index contributed by atoms with van der Waals surface area (Å²) in [6.07, 6.45) is 9.82. The van der Waals surface area contributed by atoms with E-state index in [-0.39, 0.29) is 17.9 Å². The number of aromatic nitrogens is 3. The Morgan fingerprint density at radius 1 is 1.10 bits per heavy atom. The van der Waals surface area contributed by atoms with E-state index >= 15 is 0 Å². The molecule has 0 saturated carbocycles. The number of benzene rings is 2. The maximum atomic E-state index is 13.2. The Kier molecular flexibility index (Phi) is 7.69. The average molecular weight is 524 g/mol. The van der Waals surface area contributed by atoms with Gasteiger partial charge >= 0.3 is 0 Å². The predicted molar refractivity (Wildman–Crippen MR) is 153 cm³/mol. The largest absolute Gasteiger partial charge is 0.382 e. The number of piperidine rings is 1. The molecular formula is C30H33N7O2. The van der Waals surface area contributed by atoms with Crippen molar-refractivity contribution in [2.24, 2.45) is 0 Å². The molecule has 1 aliphatic heterocycles. The van der Waals surface area contributed by atoms with Gasteiger partial charge in [-0.25, -0.2) is 9.97 Å². The van der Waals surface area contributed by atoms with Crippen LogP contribution in [0.15, 0.2) is 79.1 Å². The Balaban J connectivity index is 1.47. The van der Waals surface area contributed by atoms with Gasteiger partial charge in [0.1, 0.15) is 22.9 Å². The van der Waals surface area contributed by atoms with Crippen molar-refractivity contribution < 1.29 is 9.59 Å². The second-order valence-electron chi connectivity index (χ2n) is 9.96. The molecule has 2 amide bonds. The number of anilines is 2. The van der Waals surface area contributed by atoms with Gasteiger partial charge in [0.15, 0.2) is 0 Å². The summed E-state index contributed by atoms with van der Waals surface area (Å²) in [5.41, 5.74) is 9.80. The van der Waals surface area contributed by atoms with Crippen LogP contribution >= 0.6 is 0 Å². The van der Waals surface area contributed by atoms with Crippen molar-refractivity contribution in [1.82, 2.24) is 24.2 Å². The number of nitrogens with zero attached hydrogens (tertiary/aromatic N) is 5. The molecule has 3 N–H and O–H groups in total. The summed E-state index contributed by atoms with van der Waals surface area (Å²) in [4.78, 5) is 39.2. The maximum Gasteiger partial charge on any atom is 0.255 e. The van der Waals surface area contributed by atoms with Crippen LogP contribution < -0.4 is 11.1 Å². The number of hydrogen-bond donors (Lipinski definition) is 2. The lowest BCUT2D eigenvalue weighted by Gasteiger charge is -2.34. The predicted octanol–water partition coefficient (Wildman–Crippen LogP) is 4.40. The number of fused-ring (bicyclic) bond motifs is 1. The first kappa shape index (κ1) is 26.1. The summed E-state index contributed by atoms with van der Waals surface area (Å²) in [7, 11) is 3.94. The lowest BCUT2D eigenvalue weighted by Crippen LogP contribution is -2.38. The first-order valence-electron chi connectivity index (χ1n) is 13.1. The number of amides is 2. The van der Waals surface area contributed by atoms with Crippen LogP contribution in [0.25, 0.3) is 16.8 Å². The van der Waals surface area contributed by atoms with Crippen LogP contribution in [0.3, 0.4) is 0 Å². The first-order valence-corrected chi connectivity index (χ1v) is 13.1. The van der Waals surface area contributed by atoms with Gasteiger partial charge in [0.2, 0.25) is 5.91 Å². The van der Waals surface area contributed by atoms with Gasteiger partial charge in [0.25, 0.3) is 5.91 Å². The van der Waals surface area contributed by atoms with E-state index in [1.807, 2.05) is 83.0 Å². The molecule has 1 aliphatic rings. The topological polar surface area (TPSA) is 109 Å². The van der Waals surface area contributed by atoms with Crippen LogP contribution in [0.1, 0.15) is 41.5 Å². The van der Waals surface area contributed by atoms with Crippen LogP contribution in [-0.2, 0) is 4.79 Å². The van der Waals surface area contributed by atoms with Crippen LogP contribution in [0.5, 0.6) is 0 Å². The standard InChI is InChI=1S/C30H33N7O2/c1-35(2)18-8-12-25(38)36-19-7-6-11-24(36)29-34-26(27-28(31)32-17-20-37(27)29)21-13-15-22(16-14-21)30(39)33-23-9-4-3-5-10-23/h3-5,8-10,12-17,20,24H,6-7,11,18-19H2,1-2H3,(H2,31,32)(H,33,39)/b12-8+/t24-/m0/s1. The van der Waals surface area contributed by atoms with Crippen LogP contribution in [0, 0.1) is 0 Å². The highest BCUT2D eigenvalue weighted by Gasteiger charge is 2.31. The summed E-state index contributed by atoms with van der Waals surface area (Å²) >= 11 is 0. The van der Waals surface area contributed by atoms with Crippen LogP contribution in [0.2, 0.25) is 0 Å². The summed E-state index contributed by atoms with van der Waals surface area (Å²) in [5, 5.41) is 2.91. The summed E-state index contributed by atoms with van der Waals surface area (Å²) < 4.78 is 1.95. The lowest BCUT2D eigenvalue weighted by molar-refractivity contribution is -0.130. The van der Waals surface area contributed by atoms with E-state index in [2.05, 4.69) is 10.3 Å². The Hall–Kier alpha value is -4.50. The van der Waals surface area contributed by atoms with Gasteiger partial charge in [-0.15, -0.1) is 0 Å². The van der Waals surface area contributed by atoms with E-state index < -0.39 is 0 Å². The molecule has 9 nitrogen and oxygen atoms in total.